The summed E-state index contributed by atoms with van der Waals surface area (Å²) in [5.41, 5.74) is 0.0120. The lowest BCUT2D eigenvalue weighted by atomic mass is 10.1. The van der Waals surface area contributed by atoms with Crippen molar-refractivity contribution < 1.29 is 4.74 Å². The Morgan fingerprint density at radius 3 is 2.44 bits per heavy atom. The highest BCUT2D eigenvalue weighted by Gasteiger charge is 2.15. The molecule has 0 radical (unpaired) electrons. The Morgan fingerprint density at radius 2 is 1.81 bits per heavy atom. The molecule has 1 fully saturated rings. The molecular formula is C13H28N2O. The molecule has 1 heterocycles. The van der Waals surface area contributed by atoms with Crippen LogP contribution in [-0.4, -0.2) is 50.3 Å². The van der Waals surface area contributed by atoms with E-state index in [-0.39, 0.29) is 5.60 Å². The molecule has 1 aliphatic heterocycles. The van der Waals surface area contributed by atoms with Gasteiger partial charge in [0.25, 0.3) is 0 Å². The van der Waals surface area contributed by atoms with Crippen molar-refractivity contribution in [2.24, 2.45) is 0 Å². The van der Waals surface area contributed by atoms with Crippen molar-refractivity contribution >= 4 is 0 Å². The standard InChI is InChI=1S/C13H28N2O/c1-13(2,16-3)7-8-14-9-12-15-10-5-4-6-11-15/h14H,4-12H2,1-3H3. The summed E-state index contributed by atoms with van der Waals surface area (Å²) in [6.07, 6.45) is 5.27. The molecule has 0 unspecified atom stereocenters. The SMILES string of the molecule is COC(C)(C)CCNCCN1CCCCC1. The number of nitrogens with one attached hydrogen (secondary N) is 1. The summed E-state index contributed by atoms with van der Waals surface area (Å²) in [5.74, 6) is 0. The number of methoxy groups -OCH3 is 1. The zero-order valence-corrected chi connectivity index (χ0v) is 11.2. The molecule has 1 saturated heterocycles. The topological polar surface area (TPSA) is 24.5 Å². The van der Waals surface area contributed by atoms with Gasteiger partial charge >= 0.3 is 0 Å². The van der Waals surface area contributed by atoms with Crippen LogP contribution in [0, 0.1) is 0 Å². The quantitative estimate of drug-likeness (QED) is 0.673. The zero-order chi connectivity index (χ0) is 11.9. The van der Waals surface area contributed by atoms with E-state index in [9.17, 15) is 0 Å². The van der Waals surface area contributed by atoms with Crippen LogP contribution in [0.25, 0.3) is 0 Å². The van der Waals surface area contributed by atoms with E-state index in [0.717, 1.165) is 19.5 Å². The molecule has 3 heteroatoms. The fraction of sp³-hybridized carbons (Fsp3) is 1.00. The Hall–Kier alpha value is -0.120. The van der Waals surface area contributed by atoms with Gasteiger partial charge in [-0.15, -0.1) is 0 Å². The normalized spacial score (nSPS) is 18.9. The molecule has 0 aromatic carbocycles. The van der Waals surface area contributed by atoms with E-state index < -0.39 is 0 Å². The first-order valence-corrected chi connectivity index (χ1v) is 6.62. The van der Waals surface area contributed by atoms with Crippen LogP contribution in [0.3, 0.4) is 0 Å². The maximum atomic E-state index is 5.38. The van der Waals surface area contributed by atoms with Gasteiger partial charge in [-0.25, -0.2) is 0 Å². The monoisotopic (exact) mass is 228 g/mol. The molecular weight excluding hydrogens is 200 g/mol. The largest absolute Gasteiger partial charge is 0.379 e. The number of hydrogen-bond donors (Lipinski definition) is 1. The summed E-state index contributed by atoms with van der Waals surface area (Å²) in [6, 6.07) is 0. The van der Waals surface area contributed by atoms with E-state index in [0.29, 0.717) is 0 Å². The van der Waals surface area contributed by atoms with Crippen LogP contribution in [0.1, 0.15) is 39.5 Å². The Morgan fingerprint density at radius 1 is 1.12 bits per heavy atom. The van der Waals surface area contributed by atoms with Crippen molar-refractivity contribution in [3.05, 3.63) is 0 Å². The predicted molar refractivity (Wildman–Crippen MR) is 68.9 cm³/mol. The predicted octanol–water partition coefficient (Wildman–Crippen LogP) is 1.88. The summed E-state index contributed by atoms with van der Waals surface area (Å²) >= 11 is 0. The second kappa shape index (κ2) is 7.25. The highest BCUT2D eigenvalue weighted by atomic mass is 16.5. The molecule has 0 saturated carbocycles. The van der Waals surface area contributed by atoms with Gasteiger partial charge < -0.3 is 15.0 Å². The summed E-state index contributed by atoms with van der Waals surface area (Å²) in [5, 5.41) is 3.50. The summed E-state index contributed by atoms with van der Waals surface area (Å²) < 4.78 is 5.38. The lowest BCUT2D eigenvalue weighted by molar-refractivity contribution is 0.0158. The summed E-state index contributed by atoms with van der Waals surface area (Å²) in [7, 11) is 1.79. The van der Waals surface area contributed by atoms with Gasteiger partial charge in [0.05, 0.1) is 5.60 Å². The van der Waals surface area contributed by atoms with E-state index in [1.165, 1.54) is 38.9 Å². The van der Waals surface area contributed by atoms with Crippen molar-refractivity contribution in [1.29, 1.82) is 0 Å². The van der Waals surface area contributed by atoms with Gasteiger partial charge in [0, 0.05) is 20.2 Å². The first kappa shape index (κ1) is 13.9. The minimum Gasteiger partial charge on any atom is -0.379 e. The second-order valence-electron chi connectivity index (χ2n) is 5.37. The highest BCUT2D eigenvalue weighted by Crippen LogP contribution is 2.11. The van der Waals surface area contributed by atoms with E-state index in [1.807, 2.05) is 0 Å². The Labute approximate surface area is 101 Å². The minimum atomic E-state index is 0.0120. The fourth-order valence-corrected chi connectivity index (χ4v) is 2.04. The smallest absolute Gasteiger partial charge is 0.0634 e. The van der Waals surface area contributed by atoms with Gasteiger partial charge in [0.1, 0.15) is 0 Å². The van der Waals surface area contributed by atoms with Gasteiger partial charge in [-0.2, -0.15) is 0 Å². The number of piperidine rings is 1. The van der Waals surface area contributed by atoms with E-state index in [4.69, 9.17) is 4.74 Å². The number of hydrogen-bond acceptors (Lipinski definition) is 3. The maximum Gasteiger partial charge on any atom is 0.0634 e. The molecule has 0 spiro atoms. The Balaban J connectivity index is 1.95. The molecule has 1 rings (SSSR count). The van der Waals surface area contributed by atoms with Crippen LogP contribution in [0.2, 0.25) is 0 Å². The Bertz CT molecular complexity index is 177. The molecule has 3 nitrogen and oxygen atoms in total. The van der Waals surface area contributed by atoms with Crippen molar-refractivity contribution in [1.82, 2.24) is 10.2 Å². The van der Waals surface area contributed by atoms with Crippen LogP contribution in [0.15, 0.2) is 0 Å². The van der Waals surface area contributed by atoms with Crippen LogP contribution < -0.4 is 5.32 Å². The van der Waals surface area contributed by atoms with Crippen molar-refractivity contribution in [2.75, 3.05) is 39.8 Å². The average Bonchev–Trinajstić information content (AvgIpc) is 2.30. The van der Waals surface area contributed by atoms with Crippen molar-refractivity contribution in [3.8, 4) is 0 Å². The van der Waals surface area contributed by atoms with Crippen LogP contribution in [-0.2, 0) is 4.74 Å². The highest BCUT2D eigenvalue weighted by molar-refractivity contribution is 4.70. The molecule has 0 aromatic rings. The number of ether oxygens (including phenoxy) is 1. The van der Waals surface area contributed by atoms with Gasteiger partial charge in [0.15, 0.2) is 0 Å². The Kier molecular flexibility index (Phi) is 6.32. The molecule has 16 heavy (non-hydrogen) atoms. The first-order valence-electron chi connectivity index (χ1n) is 6.62. The second-order valence-corrected chi connectivity index (χ2v) is 5.37. The number of nitrogens with zero attached hydrogens (tertiary/aromatic N) is 1. The molecule has 1 aliphatic rings. The third-order valence-electron chi connectivity index (χ3n) is 3.51. The fourth-order valence-electron chi connectivity index (χ4n) is 2.04. The number of likely N-dealkylation sites (tertiary alicyclic amines) is 1. The minimum absolute atomic E-state index is 0.0120. The molecule has 0 amide bonds. The van der Waals surface area contributed by atoms with Gasteiger partial charge in [-0.1, -0.05) is 6.42 Å². The van der Waals surface area contributed by atoms with E-state index >= 15 is 0 Å². The third kappa shape index (κ3) is 5.83. The zero-order valence-electron chi connectivity index (χ0n) is 11.2. The van der Waals surface area contributed by atoms with Crippen molar-refractivity contribution in [2.45, 2.75) is 45.1 Å². The lowest BCUT2D eigenvalue weighted by Crippen LogP contribution is -2.37. The molecule has 0 bridgehead atoms. The third-order valence-corrected chi connectivity index (χ3v) is 3.51. The van der Waals surface area contributed by atoms with Crippen molar-refractivity contribution in [3.63, 3.8) is 0 Å². The van der Waals surface area contributed by atoms with Gasteiger partial charge in [0.2, 0.25) is 0 Å². The van der Waals surface area contributed by atoms with Crippen LogP contribution in [0.5, 0.6) is 0 Å². The summed E-state index contributed by atoms with van der Waals surface area (Å²) in [4.78, 5) is 2.57. The molecule has 0 atom stereocenters. The molecule has 0 aromatic heterocycles. The molecule has 96 valence electrons. The van der Waals surface area contributed by atoms with E-state index in [1.54, 1.807) is 7.11 Å². The molecule has 0 aliphatic carbocycles. The average molecular weight is 228 g/mol. The number of rotatable bonds is 7. The van der Waals surface area contributed by atoms with Gasteiger partial charge in [-0.05, 0) is 52.7 Å². The first-order chi connectivity index (χ1) is 7.64. The molecule has 1 N–H and O–H groups in total. The van der Waals surface area contributed by atoms with Gasteiger partial charge in [-0.3, -0.25) is 0 Å². The summed E-state index contributed by atoms with van der Waals surface area (Å²) in [6.45, 7) is 10.2. The maximum absolute atomic E-state index is 5.38. The van der Waals surface area contributed by atoms with Crippen LogP contribution >= 0.6 is 0 Å². The lowest BCUT2D eigenvalue weighted by Gasteiger charge is -2.27. The van der Waals surface area contributed by atoms with E-state index in [2.05, 4.69) is 24.1 Å². The van der Waals surface area contributed by atoms with Crippen LogP contribution in [0.4, 0.5) is 0 Å².